The van der Waals surface area contributed by atoms with Gasteiger partial charge in [0.15, 0.2) is 11.5 Å². The Morgan fingerprint density at radius 3 is 2.75 bits per heavy atom. The second-order valence-corrected chi connectivity index (χ2v) is 5.25. The Morgan fingerprint density at radius 1 is 1.12 bits per heavy atom. The molecule has 3 aromatic rings. The number of methoxy groups -OCH3 is 1. The van der Waals surface area contributed by atoms with Crippen LogP contribution in [0.4, 0.5) is 11.5 Å². The van der Waals surface area contributed by atoms with E-state index in [-0.39, 0.29) is 6.79 Å². The zero-order valence-electron chi connectivity index (χ0n) is 12.9. The molecule has 1 N–H and O–H groups in total. The van der Waals surface area contributed by atoms with E-state index in [0.29, 0.717) is 17.1 Å². The molecule has 120 valence electrons. The van der Waals surface area contributed by atoms with Crippen molar-refractivity contribution in [2.45, 2.75) is 0 Å². The fraction of sp³-hybridized carbons (Fsp3) is 0.111. The lowest BCUT2D eigenvalue weighted by molar-refractivity contribution is 0.0602. The van der Waals surface area contributed by atoms with Crippen LogP contribution < -0.4 is 14.8 Å². The highest BCUT2D eigenvalue weighted by molar-refractivity contribution is 6.07. The number of pyridine rings is 1. The van der Waals surface area contributed by atoms with Crippen molar-refractivity contribution < 1.29 is 19.0 Å². The maximum atomic E-state index is 11.9. The number of hydrogen-bond acceptors (Lipinski definition) is 6. The first-order valence-corrected chi connectivity index (χ1v) is 7.39. The monoisotopic (exact) mass is 322 g/mol. The predicted molar refractivity (Wildman–Crippen MR) is 88.9 cm³/mol. The summed E-state index contributed by atoms with van der Waals surface area (Å²) in [6.07, 6.45) is 1.52. The highest BCUT2D eigenvalue weighted by Gasteiger charge is 2.16. The van der Waals surface area contributed by atoms with Crippen LogP contribution in [0.15, 0.2) is 48.7 Å². The van der Waals surface area contributed by atoms with E-state index >= 15 is 0 Å². The Morgan fingerprint density at radius 2 is 1.92 bits per heavy atom. The first-order chi connectivity index (χ1) is 11.8. The fourth-order valence-electron chi connectivity index (χ4n) is 2.68. The van der Waals surface area contributed by atoms with Crippen LogP contribution in [0, 0.1) is 0 Å². The van der Waals surface area contributed by atoms with Crippen LogP contribution >= 0.6 is 0 Å². The van der Waals surface area contributed by atoms with Crippen LogP contribution in [0.5, 0.6) is 11.5 Å². The molecule has 0 amide bonds. The topological polar surface area (TPSA) is 69.7 Å². The van der Waals surface area contributed by atoms with E-state index in [2.05, 4.69) is 10.3 Å². The molecule has 0 bridgehead atoms. The Bertz CT molecular complexity index is 939. The van der Waals surface area contributed by atoms with Crippen LogP contribution in [-0.4, -0.2) is 24.9 Å². The number of esters is 1. The van der Waals surface area contributed by atoms with E-state index in [1.54, 1.807) is 0 Å². The van der Waals surface area contributed by atoms with Crippen molar-refractivity contribution in [2.75, 3.05) is 19.2 Å². The molecule has 0 saturated heterocycles. The van der Waals surface area contributed by atoms with Crippen molar-refractivity contribution in [1.29, 1.82) is 0 Å². The molecular formula is C18H14N2O4. The van der Waals surface area contributed by atoms with Crippen LogP contribution in [0.2, 0.25) is 0 Å². The predicted octanol–water partition coefficient (Wildman–Crippen LogP) is 3.49. The van der Waals surface area contributed by atoms with Gasteiger partial charge in [0.05, 0.1) is 12.7 Å². The number of rotatable bonds is 3. The summed E-state index contributed by atoms with van der Waals surface area (Å²) in [5, 5.41) is 4.87. The maximum absolute atomic E-state index is 11.9. The molecule has 0 unspecified atom stereocenters. The third-order valence-electron chi connectivity index (χ3n) is 3.84. The summed E-state index contributed by atoms with van der Waals surface area (Å²) in [7, 11) is 1.36. The summed E-state index contributed by atoms with van der Waals surface area (Å²) in [4.78, 5) is 16.3. The number of fused-ring (bicyclic) bond motifs is 2. The SMILES string of the molecule is COC(=O)c1cnc(Nc2ccc3c(c2)OCO3)c2ccccc12. The first-order valence-electron chi connectivity index (χ1n) is 7.39. The van der Waals surface area contributed by atoms with E-state index in [1.165, 1.54) is 13.3 Å². The number of carbonyl (C=O) groups is 1. The summed E-state index contributed by atoms with van der Waals surface area (Å²) < 4.78 is 15.5. The molecule has 0 saturated carbocycles. The van der Waals surface area contributed by atoms with Crippen molar-refractivity contribution in [3.05, 3.63) is 54.2 Å². The number of benzene rings is 2. The Balaban J connectivity index is 1.76. The summed E-state index contributed by atoms with van der Waals surface area (Å²) in [5.74, 6) is 1.65. The maximum Gasteiger partial charge on any atom is 0.340 e. The van der Waals surface area contributed by atoms with Gasteiger partial charge in [-0.05, 0) is 12.1 Å². The van der Waals surface area contributed by atoms with Gasteiger partial charge in [0, 0.05) is 28.7 Å². The van der Waals surface area contributed by atoms with Crippen molar-refractivity contribution in [1.82, 2.24) is 4.98 Å². The number of ether oxygens (including phenoxy) is 3. The molecule has 0 fully saturated rings. The largest absolute Gasteiger partial charge is 0.465 e. The van der Waals surface area contributed by atoms with Gasteiger partial charge in [-0.1, -0.05) is 24.3 Å². The third-order valence-corrected chi connectivity index (χ3v) is 3.84. The number of hydrogen-bond donors (Lipinski definition) is 1. The molecule has 0 atom stereocenters. The van der Waals surface area contributed by atoms with Crippen LogP contribution in [0.25, 0.3) is 10.8 Å². The smallest absolute Gasteiger partial charge is 0.340 e. The van der Waals surface area contributed by atoms with Crippen molar-refractivity contribution in [2.24, 2.45) is 0 Å². The first kappa shape index (κ1) is 14.3. The highest BCUT2D eigenvalue weighted by atomic mass is 16.7. The summed E-state index contributed by atoms with van der Waals surface area (Å²) >= 11 is 0. The van der Waals surface area contributed by atoms with E-state index in [1.807, 2.05) is 42.5 Å². The second kappa shape index (κ2) is 5.73. The van der Waals surface area contributed by atoms with E-state index in [0.717, 1.165) is 22.2 Å². The molecule has 2 heterocycles. The standard InChI is InChI=1S/C18H14N2O4/c1-22-18(21)14-9-19-17(13-5-3-2-4-12(13)14)20-11-6-7-15-16(8-11)24-10-23-15/h2-9H,10H2,1H3,(H,19,20). The van der Waals surface area contributed by atoms with Gasteiger partial charge >= 0.3 is 5.97 Å². The lowest BCUT2D eigenvalue weighted by Crippen LogP contribution is -2.04. The Hall–Kier alpha value is -3.28. The lowest BCUT2D eigenvalue weighted by atomic mass is 10.1. The number of carbonyl (C=O) groups excluding carboxylic acids is 1. The van der Waals surface area contributed by atoms with E-state index < -0.39 is 5.97 Å². The summed E-state index contributed by atoms with van der Waals surface area (Å²) in [6.45, 7) is 0.230. The average molecular weight is 322 g/mol. The molecule has 24 heavy (non-hydrogen) atoms. The molecule has 1 aliphatic rings. The third kappa shape index (κ3) is 2.38. The Labute approximate surface area is 138 Å². The lowest BCUT2D eigenvalue weighted by Gasteiger charge is -2.11. The van der Waals surface area contributed by atoms with Gasteiger partial charge in [-0.25, -0.2) is 9.78 Å². The van der Waals surface area contributed by atoms with Gasteiger partial charge in [0.25, 0.3) is 0 Å². The van der Waals surface area contributed by atoms with Crippen molar-refractivity contribution >= 4 is 28.2 Å². The van der Waals surface area contributed by atoms with Crippen LogP contribution in [0.1, 0.15) is 10.4 Å². The van der Waals surface area contributed by atoms with E-state index in [4.69, 9.17) is 14.2 Å². The summed E-state index contributed by atoms with van der Waals surface area (Å²) in [5.41, 5.74) is 1.26. The molecule has 6 nitrogen and oxygen atoms in total. The van der Waals surface area contributed by atoms with Crippen molar-refractivity contribution in [3.8, 4) is 11.5 Å². The van der Waals surface area contributed by atoms with Gasteiger partial charge in [0.1, 0.15) is 5.82 Å². The number of nitrogens with one attached hydrogen (secondary N) is 1. The molecule has 4 rings (SSSR count). The zero-order valence-corrected chi connectivity index (χ0v) is 12.9. The minimum atomic E-state index is -0.409. The normalized spacial score (nSPS) is 12.2. The Kier molecular flexibility index (Phi) is 3.42. The molecule has 0 spiro atoms. The van der Waals surface area contributed by atoms with Gasteiger partial charge < -0.3 is 19.5 Å². The number of aromatic nitrogens is 1. The molecular weight excluding hydrogens is 308 g/mol. The second-order valence-electron chi connectivity index (χ2n) is 5.25. The molecule has 6 heteroatoms. The van der Waals surface area contributed by atoms with Gasteiger partial charge in [0.2, 0.25) is 6.79 Å². The van der Waals surface area contributed by atoms with Crippen LogP contribution in [0.3, 0.4) is 0 Å². The van der Waals surface area contributed by atoms with Crippen molar-refractivity contribution in [3.63, 3.8) is 0 Å². The van der Waals surface area contributed by atoms with E-state index in [9.17, 15) is 4.79 Å². The quantitative estimate of drug-likeness (QED) is 0.744. The molecule has 1 aliphatic heterocycles. The van der Waals surface area contributed by atoms with Gasteiger partial charge in [-0.15, -0.1) is 0 Å². The number of anilines is 2. The van der Waals surface area contributed by atoms with Gasteiger partial charge in [-0.2, -0.15) is 0 Å². The number of nitrogens with zero attached hydrogens (tertiary/aromatic N) is 1. The molecule has 0 aliphatic carbocycles. The molecule has 0 radical (unpaired) electrons. The zero-order chi connectivity index (χ0) is 16.5. The highest BCUT2D eigenvalue weighted by Crippen LogP contribution is 2.36. The minimum absolute atomic E-state index is 0.230. The molecule has 1 aromatic heterocycles. The van der Waals surface area contributed by atoms with Gasteiger partial charge in [-0.3, -0.25) is 0 Å². The minimum Gasteiger partial charge on any atom is -0.465 e. The average Bonchev–Trinajstić information content (AvgIpc) is 3.09. The molecule has 2 aromatic carbocycles. The van der Waals surface area contributed by atoms with Crippen LogP contribution in [-0.2, 0) is 4.74 Å². The summed E-state index contributed by atoms with van der Waals surface area (Å²) in [6, 6.07) is 13.1. The fourth-order valence-corrected chi connectivity index (χ4v) is 2.68.